The summed E-state index contributed by atoms with van der Waals surface area (Å²) in [6.45, 7) is 2.04. The minimum atomic E-state index is -0.414. The molecule has 9 heteroatoms. The molecule has 0 fully saturated rings. The van der Waals surface area contributed by atoms with Crippen molar-refractivity contribution in [1.82, 2.24) is 20.1 Å². The van der Waals surface area contributed by atoms with E-state index >= 15 is 0 Å². The summed E-state index contributed by atoms with van der Waals surface area (Å²) in [7, 11) is 0. The lowest BCUT2D eigenvalue weighted by molar-refractivity contribution is -0.117. The first-order valence-corrected chi connectivity index (χ1v) is 13.0. The number of nitrogens with one attached hydrogen (secondary N) is 2. The molecule has 3 amide bonds. The molecule has 3 aromatic rings. The number of primary amides is 1. The molecular formula is C31H30N6O3. The summed E-state index contributed by atoms with van der Waals surface area (Å²) in [4.78, 5) is 28.9. The molecule has 2 heterocycles. The highest BCUT2D eigenvalue weighted by Crippen LogP contribution is 2.28. The molecule has 1 unspecified atom stereocenters. The molecule has 1 aromatic carbocycles. The Morgan fingerprint density at radius 3 is 2.73 bits per heavy atom. The fourth-order valence-electron chi connectivity index (χ4n) is 4.41. The summed E-state index contributed by atoms with van der Waals surface area (Å²) in [5.41, 5.74) is 9.26. The van der Waals surface area contributed by atoms with Crippen molar-refractivity contribution in [3.05, 3.63) is 114 Å². The number of pyridine rings is 1. The lowest BCUT2D eigenvalue weighted by atomic mass is 9.98. The molecule has 0 saturated heterocycles. The molecule has 0 spiro atoms. The number of ether oxygens (including phenoxy) is 1. The number of hydrogen-bond acceptors (Lipinski definition) is 5. The number of urea groups is 1. The number of nitrogens with two attached hydrogens (primary N) is 1. The number of nitrogens with zero attached hydrogens (tertiary/aromatic N) is 3. The van der Waals surface area contributed by atoms with E-state index in [9.17, 15) is 9.59 Å². The molecule has 2 aromatic heterocycles. The van der Waals surface area contributed by atoms with Crippen molar-refractivity contribution >= 4 is 23.5 Å². The van der Waals surface area contributed by atoms with Crippen LogP contribution in [-0.2, 0) is 4.79 Å². The number of rotatable bonds is 8. The average Bonchev–Trinajstić information content (AvgIpc) is 3.22. The van der Waals surface area contributed by atoms with E-state index in [1.54, 1.807) is 23.1 Å². The Balaban J connectivity index is 1.40. The Hall–Kier alpha value is -5.18. The molecule has 4 N–H and O–H groups in total. The Morgan fingerprint density at radius 2 is 1.95 bits per heavy atom. The van der Waals surface area contributed by atoms with Crippen molar-refractivity contribution in [2.45, 2.75) is 26.2 Å². The number of hydrogen-bond donors (Lipinski definition) is 3. The second kappa shape index (κ2) is 12.1. The molecule has 0 bridgehead atoms. The van der Waals surface area contributed by atoms with Gasteiger partial charge in [0.1, 0.15) is 17.3 Å². The minimum Gasteiger partial charge on any atom is -0.456 e. The fraction of sp³-hybridized carbons (Fsp3) is 0.161. The molecule has 40 heavy (non-hydrogen) atoms. The van der Waals surface area contributed by atoms with Gasteiger partial charge in [0.15, 0.2) is 0 Å². The summed E-state index contributed by atoms with van der Waals surface area (Å²) in [6, 6.07) is 14.7. The molecule has 0 radical (unpaired) electrons. The monoisotopic (exact) mass is 534 g/mol. The Bertz CT molecular complexity index is 1550. The van der Waals surface area contributed by atoms with Crippen molar-refractivity contribution in [3.63, 3.8) is 0 Å². The van der Waals surface area contributed by atoms with Crippen molar-refractivity contribution < 1.29 is 14.3 Å². The van der Waals surface area contributed by atoms with Crippen LogP contribution in [0.1, 0.15) is 26.2 Å². The number of amides is 3. The Labute approximate surface area is 232 Å². The normalized spacial score (nSPS) is 16.6. The molecule has 202 valence electrons. The summed E-state index contributed by atoms with van der Waals surface area (Å²) < 4.78 is 7.58. The maximum atomic E-state index is 13.3. The Morgan fingerprint density at radius 1 is 1.10 bits per heavy atom. The van der Waals surface area contributed by atoms with Gasteiger partial charge in [0.2, 0.25) is 5.91 Å². The van der Waals surface area contributed by atoms with Gasteiger partial charge in [-0.25, -0.2) is 9.48 Å². The summed E-state index contributed by atoms with van der Waals surface area (Å²) >= 11 is 0. The number of aromatic nitrogens is 3. The second-order valence-electron chi connectivity index (χ2n) is 9.53. The van der Waals surface area contributed by atoms with Gasteiger partial charge in [-0.2, -0.15) is 5.10 Å². The summed E-state index contributed by atoms with van der Waals surface area (Å²) in [5.74, 6) is 1.41. The van der Waals surface area contributed by atoms with Gasteiger partial charge in [-0.3, -0.25) is 15.1 Å². The molecule has 0 aliphatic heterocycles. The van der Waals surface area contributed by atoms with Gasteiger partial charge in [0.05, 0.1) is 24.0 Å². The first kappa shape index (κ1) is 26.4. The first-order chi connectivity index (χ1) is 19.4. The third-order valence-electron chi connectivity index (χ3n) is 6.41. The van der Waals surface area contributed by atoms with Gasteiger partial charge in [-0.15, -0.1) is 0 Å². The third kappa shape index (κ3) is 6.63. The predicted octanol–water partition coefficient (Wildman–Crippen LogP) is 5.56. The van der Waals surface area contributed by atoms with E-state index in [0.717, 1.165) is 16.8 Å². The summed E-state index contributed by atoms with van der Waals surface area (Å²) in [5, 5.41) is 10.7. The van der Waals surface area contributed by atoms with E-state index in [1.165, 1.54) is 0 Å². The van der Waals surface area contributed by atoms with Crippen LogP contribution in [0.3, 0.4) is 0 Å². The van der Waals surface area contributed by atoms with E-state index in [0.29, 0.717) is 41.6 Å². The summed E-state index contributed by atoms with van der Waals surface area (Å²) in [6.07, 6.45) is 16.3. The molecule has 2 aliphatic carbocycles. The van der Waals surface area contributed by atoms with Gasteiger partial charge in [0, 0.05) is 35.5 Å². The zero-order valence-electron chi connectivity index (χ0n) is 22.1. The zero-order chi connectivity index (χ0) is 27.9. The minimum absolute atomic E-state index is 0.0887. The van der Waals surface area contributed by atoms with Crippen LogP contribution in [0, 0.1) is 5.92 Å². The number of carbonyl (C=O) groups excluding carboxylic acids is 2. The van der Waals surface area contributed by atoms with Crippen LogP contribution >= 0.6 is 0 Å². The molecule has 1 atom stereocenters. The molecule has 2 aliphatic rings. The van der Waals surface area contributed by atoms with E-state index < -0.39 is 11.9 Å². The zero-order valence-corrected chi connectivity index (χ0v) is 22.1. The van der Waals surface area contributed by atoms with E-state index in [-0.39, 0.29) is 12.3 Å². The van der Waals surface area contributed by atoms with Gasteiger partial charge in [-0.05, 0) is 48.8 Å². The topological polar surface area (TPSA) is 124 Å². The van der Waals surface area contributed by atoms with Crippen LogP contribution < -0.4 is 21.1 Å². The highest BCUT2D eigenvalue weighted by atomic mass is 16.5. The van der Waals surface area contributed by atoms with Crippen LogP contribution in [0.25, 0.3) is 17.0 Å². The number of anilines is 1. The molecule has 9 nitrogen and oxygen atoms in total. The second-order valence-corrected chi connectivity index (χ2v) is 9.53. The molecular weight excluding hydrogens is 504 g/mol. The van der Waals surface area contributed by atoms with Crippen LogP contribution in [0.2, 0.25) is 0 Å². The highest BCUT2D eigenvalue weighted by molar-refractivity contribution is 5.91. The van der Waals surface area contributed by atoms with Crippen molar-refractivity contribution in [3.8, 4) is 17.0 Å². The molecule has 0 saturated carbocycles. The van der Waals surface area contributed by atoms with Crippen LogP contribution in [-0.4, -0.2) is 26.7 Å². The number of carbonyl (C=O) groups is 2. The van der Waals surface area contributed by atoms with Crippen LogP contribution in [0.15, 0.2) is 114 Å². The van der Waals surface area contributed by atoms with Crippen molar-refractivity contribution in [2.24, 2.45) is 11.7 Å². The quantitative estimate of drug-likeness (QED) is 0.349. The average molecular weight is 535 g/mol. The van der Waals surface area contributed by atoms with Crippen LogP contribution in [0.5, 0.6) is 5.75 Å². The van der Waals surface area contributed by atoms with Gasteiger partial charge < -0.3 is 15.8 Å². The smallest absolute Gasteiger partial charge is 0.324 e. The van der Waals surface area contributed by atoms with Crippen LogP contribution in [0.4, 0.5) is 10.6 Å². The maximum Gasteiger partial charge on any atom is 0.324 e. The van der Waals surface area contributed by atoms with Gasteiger partial charge in [-0.1, -0.05) is 49.4 Å². The highest BCUT2D eigenvalue weighted by Gasteiger charge is 2.20. The first-order valence-electron chi connectivity index (χ1n) is 13.0. The van der Waals surface area contributed by atoms with E-state index in [1.807, 2.05) is 85.8 Å². The maximum absolute atomic E-state index is 13.3. The van der Waals surface area contributed by atoms with Gasteiger partial charge in [0.25, 0.3) is 0 Å². The fourth-order valence-corrected chi connectivity index (χ4v) is 4.41. The van der Waals surface area contributed by atoms with Crippen molar-refractivity contribution in [1.29, 1.82) is 0 Å². The largest absolute Gasteiger partial charge is 0.456 e. The van der Waals surface area contributed by atoms with Gasteiger partial charge >= 0.3 is 6.03 Å². The predicted molar refractivity (Wildman–Crippen MR) is 155 cm³/mol. The molecule has 5 rings (SSSR count). The van der Waals surface area contributed by atoms with E-state index in [4.69, 9.17) is 15.6 Å². The third-order valence-corrected chi connectivity index (χ3v) is 6.41. The van der Waals surface area contributed by atoms with Crippen molar-refractivity contribution in [2.75, 3.05) is 5.32 Å². The number of benzene rings is 1. The van der Waals surface area contributed by atoms with E-state index in [2.05, 4.69) is 15.6 Å². The Kier molecular flexibility index (Phi) is 8.01. The standard InChI is InChI=1S/C31H30N6O3/c1-21-13-14-25(40-26-12-7-15-33-20-26)18-27(21)34-31(39)35-30-19-28(23-9-3-2-4-10-23)36-37(30)24-11-6-5-8-22(16-24)17-29(32)38/h2-4,6-12,14-16,18-21H,5,13,17H2,1H3,(H2,32,38)(H2,34,35,39). The lowest BCUT2D eigenvalue weighted by Crippen LogP contribution is -2.32. The number of allylic oxidation sites excluding steroid dienone is 8. The SMILES string of the molecule is CC1CC=C(Oc2cccnc2)C=C1NC(=O)Nc1cc(-c2ccccc2)nn1C1=CC(CC(N)=O)=CCC=C1. The lowest BCUT2D eigenvalue weighted by Gasteiger charge is -2.21.